The molecule has 6 heteroatoms. The van der Waals surface area contributed by atoms with Gasteiger partial charge in [0.15, 0.2) is 5.82 Å². The van der Waals surface area contributed by atoms with Crippen molar-refractivity contribution < 1.29 is 0 Å². The Kier molecular flexibility index (Phi) is 4.69. The molecule has 3 rings (SSSR count). The number of anilines is 1. The van der Waals surface area contributed by atoms with Crippen LogP contribution in [0.2, 0.25) is 5.02 Å². The Bertz CT molecular complexity index is 877. The van der Waals surface area contributed by atoms with Crippen molar-refractivity contribution in [2.45, 2.75) is 52.5 Å². The van der Waals surface area contributed by atoms with Gasteiger partial charge in [-0.05, 0) is 29.9 Å². The van der Waals surface area contributed by atoms with Gasteiger partial charge in [0.05, 0.1) is 5.69 Å². The van der Waals surface area contributed by atoms with Crippen molar-refractivity contribution in [1.82, 2.24) is 19.6 Å². The van der Waals surface area contributed by atoms with Crippen LogP contribution < -0.4 is 5.32 Å². The molecule has 1 aromatic carbocycles. The van der Waals surface area contributed by atoms with E-state index in [9.17, 15) is 0 Å². The Balaban J connectivity index is 1.93. The van der Waals surface area contributed by atoms with Crippen molar-refractivity contribution in [1.29, 1.82) is 0 Å². The van der Waals surface area contributed by atoms with Gasteiger partial charge in [-0.2, -0.15) is 14.6 Å². The summed E-state index contributed by atoms with van der Waals surface area (Å²) in [6.07, 6.45) is 2.23. The fourth-order valence-corrected chi connectivity index (χ4v) is 3.10. The van der Waals surface area contributed by atoms with Crippen LogP contribution in [0.4, 0.5) is 5.82 Å². The van der Waals surface area contributed by atoms with Crippen LogP contribution in [0.3, 0.4) is 0 Å². The highest BCUT2D eigenvalue weighted by atomic mass is 35.5. The summed E-state index contributed by atoms with van der Waals surface area (Å²) in [5.41, 5.74) is 3.47. The Morgan fingerprint density at radius 2 is 1.88 bits per heavy atom. The van der Waals surface area contributed by atoms with E-state index in [0.717, 1.165) is 17.9 Å². The lowest BCUT2D eigenvalue weighted by Crippen LogP contribution is -2.14. The molecule has 1 N–H and O–H groups in total. The van der Waals surface area contributed by atoms with Crippen LogP contribution in [0.25, 0.3) is 5.78 Å². The molecule has 0 amide bonds. The van der Waals surface area contributed by atoms with Gasteiger partial charge in [-0.25, -0.2) is 4.98 Å². The molecule has 0 fully saturated rings. The smallest absolute Gasteiger partial charge is 0.254 e. The van der Waals surface area contributed by atoms with Gasteiger partial charge in [0.2, 0.25) is 0 Å². The molecule has 0 aliphatic rings. The van der Waals surface area contributed by atoms with Crippen LogP contribution in [-0.2, 0) is 11.8 Å². The molecule has 2 heterocycles. The summed E-state index contributed by atoms with van der Waals surface area (Å²) < 4.78 is 1.65. The summed E-state index contributed by atoms with van der Waals surface area (Å²) in [6, 6.07) is 8.76. The third-order valence-electron chi connectivity index (χ3n) is 4.40. The maximum Gasteiger partial charge on any atom is 0.254 e. The lowest BCUT2D eigenvalue weighted by Gasteiger charge is -2.21. The summed E-state index contributed by atoms with van der Waals surface area (Å²) in [7, 11) is 0. The van der Waals surface area contributed by atoms with Crippen molar-refractivity contribution >= 4 is 23.2 Å². The highest BCUT2D eigenvalue weighted by Gasteiger charge is 2.18. The first kappa shape index (κ1) is 17.7. The normalized spacial score (nSPS) is 13.2. The number of nitrogens with zero attached hydrogens (tertiary/aromatic N) is 4. The Morgan fingerprint density at radius 1 is 1.20 bits per heavy atom. The topological polar surface area (TPSA) is 55.1 Å². The zero-order chi connectivity index (χ0) is 18.2. The average Bonchev–Trinajstić information content (AvgIpc) is 3.04. The van der Waals surface area contributed by atoms with Gasteiger partial charge in [0.25, 0.3) is 5.78 Å². The molecule has 25 heavy (non-hydrogen) atoms. The van der Waals surface area contributed by atoms with E-state index in [0.29, 0.717) is 10.8 Å². The number of fused-ring (bicyclic) bond motifs is 1. The van der Waals surface area contributed by atoms with Crippen molar-refractivity contribution in [2.24, 2.45) is 0 Å². The number of hydrogen-bond donors (Lipinski definition) is 1. The van der Waals surface area contributed by atoms with E-state index in [1.807, 2.05) is 6.92 Å². The van der Waals surface area contributed by atoms with Gasteiger partial charge in [-0.15, -0.1) is 0 Å². The Morgan fingerprint density at radius 3 is 2.48 bits per heavy atom. The van der Waals surface area contributed by atoms with E-state index < -0.39 is 0 Å². The fraction of sp³-hybridized carbons (Fsp3) is 0.421. The first-order valence-electron chi connectivity index (χ1n) is 8.56. The van der Waals surface area contributed by atoms with Crippen LogP contribution in [-0.4, -0.2) is 19.6 Å². The van der Waals surface area contributed by atoms with Crippen LogP contribution in [0.1, 0.15) is 57.5 Å². The predicted molar refractivity (Wildman–Crippen MR) is 102 cm³/mol. The molecular weight excluding hydrogens is 334 g/mol. The van der Waals surface area contributed by atoms with Gasteiger partial charge >= 0.3 is 0 Å². The first-order valence-corrected chi connectivity index (χ1v) is 8.94. The largest absolute Gasteiger partial charge is 0.362 e. The number of nitrogens with one attached hydrogen (secondary N) is 1. The summed E-state index contributed by atoms with van der Waals surface area (Å²) in [5, 5.41) is 8.32. The molecule has 2 aromatic heterocycles. The molecule has 0 aliphatic heterocycles. The number of rotatable bonds is 4. The van der Waals surface area contributed by atoms with Crippen LogP contribution >= 0.6 is 11.6 Å². The summed E-state index contributed by atoms with van der Waals surface area (Å²) in [5.74, 6) is 1.28. The SMILES string of the molecule is CCc1nc2ncnn2c(NC(C)c2ccc(C(C)(C)C)cc2)c1Cl. The number of aromatic nitrogens is 4. The lowest BCUT2D eigenvalue weighted by molar-refractivity contribution is 0.589. The minimum absolute atomic E-state index is 0.0750. The van der Waals surface area contributed by atoms with E-state index in [4.69, 9.17) is 11.6 Å². The van der Waals surface area contributed by atoms with Crippen molar-refractivity contribution in [2.75, 3.05) is 5.32 Å². The van der Waals surface area contributed by atoms with Gasteiger partial charge < -0.3 is 5.32 Å². The zero-order valence-corrected chi connectivity index (χ0v) is 16.1. The molecule has 0 saturated carbocycles. The predicted octanol–water partition coefficient (Wildman–Crippen LogP) is 4.81. The molecule has 5 nitrogen and oxygen atoms in total. The van der Waals surface area contributed by atoms with Crippen molar-refractivity contribution in [3.8, 4) is 0 Å². The second-order valence-electron chi connectivity index (χ2n) is 7.28. The number of hydrogen-bond acceptors (Lipinski definition) is 4. The van der Waals surface area contributed by atoms with E-state index >= 15 is 0 Å². The molecule has 132 valence electrons. The molecule has 1 unspecified atom stereocenters. The molecule has 1 atom stereocenters. The lowest BCUT2D eigenvalue weighted by atomic mass is 9.86. The third-order valence-corrected chi connectivity index (χ3v) is 4.80. The number of aryl methyl sites for hydroxylation is 1. The maximum atomic E-state index is 6.55. The third kappa shape index (κ3) is 3.47. The van der Waals surface area contributed by atoms with Gasteiger partial charge in [0, 0.05) is 6.04 Å². The first-order chi connectivity index (χ1) is 11.8. The standard InChI is InChI=1S/C19H24ClN5/c1-6-15-16(20)17(25-18(24-15)21-11-22-25)23-12(2)13-7-9-14(10-8-13)19(3,4)5/h7-12,23H,6H2,1-5H3. The molecule has 0 spiro atoms. The van der Waals surface area contributed by atoms with Gasteiger partial charge in [0.1, 0.15) is 11.3 Å². The van der Waals surface area contributed by atoms with Crippen molar-refractivity contribution in [3.63, 3.8) is 0 Å². The molecule has 3 aromatic rings. The molecule has 0 bridgehead atoms. The second-order valence-corrected chi connectivity index (χ2v) is 7.66. The van der Waals surface area contributed by atoms with Crippen LogP contribution in [0.15, 0.2) is 30.6 Å². The molecule has 0 radical (unpaired) electrons. The Labute approximate surface area is 153 Å². The number of benzene rings is 1. The van der Waals surface area contributed by atoms with Gasteiger partial charge in [-0.1, -0.05) is 63.6 Å². The quantitative estimate of drug-likeness (QED) is 0.727. The van der Waals surface area contributed by atoms with Crippen LogP contribution in [0.5, 0.6) is 0 Å². The van der Waals surface area contributed by atoms with E-state index in [-0.39, 0.29) is 11.5 Å². The summed E-state index contributed by atoms with van der Waals surface area (Å²) in [6.45, 7) is 10.8. The zero-order valence-electron chi connectivity index (χ0n) is 15.3. The highest BCUT2D eigenvalue weighted by molar-refractivity contribution is 6.33. The monoisotopic (exact) mass is 357 g/mol. The maximum absolute atomic E-state index is 6.55. The van der Waals surface area contributed by atoms with Gasteiger partial charge in [-0.3, -0.25) is 0 Å². The molecule has 0 aliphatic carbocycles. The molecule has 0 saturated heterocycles. The van der Waals surface area contributed by atoms with E-state index in [2.05, 4.69) is 72.3 Å². The average molecular weight is 358 g/mol. The highest BCUT2D eigenvalue weighted by Crippen LogP contribution is 2.30. The number of halogens is 1. The van der Waals surface area contributed by atoms with E-state index in [1.165, 1.54) is 17.5 Å². The van der Waals surface area contributed by atoms with Crippen molar-refractivity contribution in [3.05, 3.63) is 52.4 Å². The second kappa shape index (κ2) is 6.64. The summed E-state index contributed by atoms with van der Waals surface area (Å²) >= 11 is 6.55. The fourth-order valence-electron chi connectivity index (χ4n) is 2.79. The minimum atomic E-state index is 0.0750. The molecular formula is C19H24ClN5. The Hall–Kier alpha value is -2.14. The minimum Gasteiger partial charge on any atom is -0.362 e. The van der Waals surface area contributed by atoms with E-state index in [1.54, 1.807) is 4.52 Å². The van der Waals surface area contributed by atoms with Crippen LogP contribution in [0, 0.1) is 0 Å². The summed E-state index contributed by atoms with van der Waals surface area (Å²) in [4.78, 5) is 8.64.